The van der Waals surface area contributed by atoms with E-state index in [9.17, 15) is 0 Å². The third-order valence-electron chi connectivity index (χ3n) is 2.65. The third kappa shape index (κ3) is 10.4. The zero-order valence-electron chi connectivity index (χ0n) is 14.1. The van der Waals surface area contributed by atoms with E-state index in [1.54, 1.807) is 7.11 Å². The van der Waals surface area contributed by atoms with Gasteiger partial charge in [-0.15, -0.1) is 0 Å². The normalized spacial score (nSPS) is 12.3. The molecular formula is C15H33N3OS. The van der Waals surface area contributed by atoms with E-state index in [1.807, 2.05) is 0 Å². The molecule has 0 spiro atoms. The fourth-order valence-corrected chi connectivity index (χ4v) is 2.20. The van der Waals surface area contributed by atoms with Crippen molar-refractivity contribution in [2.24, 2.45) is 4.99 Å². The van der Waals surface area contributed by atoms with Gasteiger partial charge in [-0.05, 0) is 52.6 Å². The first-order valence-electron chi connectivity index (χ1n) is 7.76. The van der Waals surface area contributed by atoms with E-state index < -0.39 is 0 Å². The molecule has 0 aromatic carbocycles. The lowest BCUT2D eigenvalue weighted by molar-refractivity contribution is 0.385. The maximum absolute atomic E-state index is 5.05. The summed E-state index contributed by atoms with van der Waals surface area (Å²) in [6.07, 6.45) is 3.52. The summed E-state index contributed by atoms with van der Waals surface area (Å²) in [5.41, 5.74) is 0. The lowest BCUT2D eigenvalue weighted by Gasteiger charge is -2.28. The molecule has 1 N–H and O–H groups in total. The highest BCUT2D eigenvalue weighted by molar-refractivity contribution is 7.94. The van der Waals surface area contributed by atoms with Gasteiger partial charge in [-0.1, -0.05) is 13.3 Å². The molecule has 0 aliphatic rings. The molecule has 0 saturated carbocycles. The van der Waals surface area contributed by atoms with Crippen molar-refractivity contribution in [3.05, 3.63) is 0 Å². The topological polar surface area (TPSA) is 36.9 Å². The van der Waals surface area contributed by atoms with Gasteiger partial charge in [0, 0.05) is 30.9 Å². The van der Waals surface area contributed by atoms with Crippen molar-refractivity contribution in [2.75, 3.05) is 26.0 Å². The molecule has 0 saturated heterocycles. The van der Waals surface area contributed by atoms with Crippen LogP contribution in [0.1, 0.15) is 53.9 Å². The molecule has 0 aliphatic heterocycles. The van der Waals surface area contributed by atoms with Crippen LogP contribution in [0.5, 0.6) is 0 Å². The largest absolute Gasteiger partial charge is 0.354 e. The highest BCUT2D eigenvalue weighted by Gasteiger charge is 2.12. The van der Waals surface area contributed by atoms with E-state index in [1.165, 1.54) is 24.9 Å². The molecule has 0 aromatic rings. The van der Waals surface area contributed by atoms with E-state index in [0.29, 0.717) is 12.1 Å². The molecule has 0 amide bonds. The van der Waals surface area contributed by atoms with Crippen LogP contribution in [0.25, 0.3) is 0 Å². The van der Waals surface area contributed by atoms with Gasteiger partial charge in [0.15, 0.2) is 5.96 Å². The molecule has 5 heteroatoms. The summed E-state index contributed by atoms with van der Waals surface area (Å²) < 4.78 is 5.05. The number of rotatable bonds is 10. The van der Waals surface area contributed by atoms with Gasteiger partial charge in [0.25, 0.3) is 0 Å². The van der Waals surface area contributed by atoms with Crippen LogP contribution in [0.3, 0.4) is 0 Å². The van der Waals surface area contributed by atoms with E-state index in [2.05, 4.69) is 44.8 Å². The molecule has 20 heavy (non-hydrogen) atoms. The van der Waals surface area contributed by atoms with Gasteiger partial charge >= 0.3 is 0 Å². The minimum absolute atomic E-state index is 0.314. The van der Waals surface area contributed by atoms with Crippen molar-refractivity contribution in [1.82, 2.24) is 10.2 Å². The Balaban J connectivity index is 4.63. The average Bonchev–Trinajstić information content (AvgIpc) is 2.36. The van der Waals surface area contributed by atoms with Crippen LogP contribution < -0.4 is 5.32 Å². The number of nitrogens with one attached hydrogen (secondary N) is 1. The van der Waals surface area contributed by atoms with Crippen molar-refractivity contribution in [3.8, 4) is 0 Å². The van der Waals surface area contributed by atoms with Crippen LogP contribution in [0, 0.1) is 0 Å². The highest BCUT2D eigenvalue weighted by atomic mass is 32.2. The summed E-state index contributed by atoms with van der Waals surface area (Å²) in [5, 5.41) is 3.50. The first-order valence-corrected chi connectivity index (χ1v) is 8.67. The van der Waals surface area contributed by atoms with Gasteiger partial charge in [0.1, 0.15) is 0 Å². The van der Waals surface area contributed by atoms with Crippen LogP contribution >= 0.6 is 12.0 Å². The van der Waals surface area contributed by atoms with Gasteiger partial charge in [0.05, 0.1) is 7.11 Å². The Labute approximate surface area is 129 Å². The Hall–Kier alpha value is -0.420. The Morgan fingerprint density at radius 2 is 1.85 bits per heavy atom. The molecule has 0 aromatic heterocycles. The molecule has 0 radical (unpaired) electrons. The van der Waals surface area contributed by atoms with Gasteiger partial charge in [-0.3, -0.25) is 4.99 Å². The number of guanidine groups is 1. The zero-order chi connectivity index (χ0) is 15.4. The fraction of sp³-hybridized carbons (Fsp3) is 0.933. The van der Waals surface area contributed by atoms with Crippen molar-refractivity contribution < 1.29 is 4.18 Å². The summed E-state index contributed by atoms with van der Waals surface area (Å²) in [5.74, 6) is 2.07. The first kappa shape index (κ1) is 19.6. The third-order valence-corrected chi connectivity index (χ3v) is 3.34. The molecular weight excluding hydrogens is 270 g/mol. The van der Waals surface area contributed by atoms with Crippen LogP contribution in [0.4, 0.5) is 0 Å². The number of hydrogen-bond acceptors (Lipinski definition) is 3. The van der Waals surface area contributed by atoms with Crippen molar-refractivity contribution in [2.45, 2.75) is 66.0 Å². The van der Waals surface area contributed by atoms with Gasteiger partial charge < -0.3 is 14.4 Å². The summed E-state index contributed by atoms with van der Waals surface area (Å²) in [7, 11) is 1.73. The highest BCUT2D eigenvalue weighted by Crippen LogP contribution is 2.06. The van der Waals surface area contributed by atoms with Crippen molar-refractivity contribution >= 4 is 18.0 Å². The van der Waals surface area contributed by atoms with Crippen LogP contribution in [0.2, 0.25) is 0 Å². The van der Waals surface area contributed by atoms with Gasteiger partial charge in [-0.25, -0.2) is 0 Å². The summed E-state index contributed by atoms with van der Waals surface area (Å²) in [6, 6.07) is 0.721. The van der Waals surface area contributed by atoms with Gasteiger partial charge in [0.2, 0.25) is 0 Å². The SMILES string of the molecule is CCCCN(CCCSOC)/C(=N/C(C)C)NC(C)C. The predicted molar refractivity (Wildman–Crippen MR) is 91.4 cm³/mol. The molecule has 0 bridgehead atoms. The Morgan fingerprint density at radius 3 is 2.35 bits per heavy atom. The average molecular weight is 304 g/mol. The minimum Gasteiger partial charge on any atom is -0.354 e. The molecule has 0 atom stereocenters. The maximum Gasteiger partial charge on any atom is 0.194 e. The van der Waals surface area contributed by atoms with E-state index in [0.717, 1.165) is 31.2 Å². The molecule has 120 valence electrons. The molecule has 0 fully saturated rings. The van der Waals surface area contributed by atoms with E-state index >= 15 is 0 Å². The number of hydrogen-bond donors (Lipinski definition) is 1. The number of nitrogens with zero attached hydrogens (tertiary/aromatic N) is 2. The summed E-state index contributed by atoms with van der Waals surface area (Å²) >= 11 is 1.53. The summed E-state index contributed by atoms with van der Waals surface area (Å²) in [4.78, 5) is 7.15. The lowest BCUT2D eigenvalue weighted by Crippen LogP contribution is -2.45. The van der Waals surface area contributed by atoms with Crippen LogP contribution in [0.15, 0.2) is 4.99 Å². The minimum atomic E-state index is 0.314. The smallest absolute Gasteiger partial charge is 0.194 e. The Morgan fingerprint density at radius 1 is 1.20 bits per heavy atom. The lowest BCUT2D eigenvalue weighted by atomic mass is 10.3. The zero-order valence-corrected chi connectivity index (χ0v) is 14.9. The maximum atomic E-state index is 5.05. The standard InChI is InChI=1S/C15H33N3OS/c1-7-8-10-18(11-9-12-20-19-6)15(16-13(2)3)17-14(4)5/h13-14H,7-12H2,1-6H3,(H,16,17). The number of unbranched alkanes of at least 4 members (excludes halogenated alkanes) is 1. The van der Waals surface area contributed by atoms with E-state index in [-0.39, 0.29) is 0 Å². The van der Waals surface area contributed by atoms with Gasteiger partial charge in [-0.2, -0.15) is 0 Å². The second-order valence-electron chi connectivity index (χ2n) is 5.53. The van der Waals surface area contributed by atoms with Crippen LogP contribution in [-0.4, -0.2) is 48.9 Å². The van der Waals surface area contributed by atoms with Crippen molar-refractivity contribution in [1.29, 1.82) is 0 Å². The fourth-order valence-electron chi connectivity index (χ4n) is 1.78. The molecule has 0 rings (SSSR count). The molecule has 0 unspecified atom stereocenters. The van der Waals surface area contributed by atoms with E-state index in [4.69, 9.17) is 9.18 Å². The second-order valence-corrected chi connectivity index (χ2v) is 6.51. The number of aliphatic imine (C=N–C) groups is 1. The molecule has 4 nitrogen and oxygen atoms in total. The predicted octanol–water partition coefficient (Wildman–Crippen LogP) is 3.54. The summed E-state index contributed by atoms with van der Waals surface area (Å²) in [6.45, 7) is 12.9. The molecule has 0 aliphatic carbocycles. The van der Waals surface area contributed by atoms with Crippen LogP contribution in [-0.2, 0) is 4.18 Å². The quantitative estimate of drug-likeness (QED) is 0.290. The molecule has 0 heterocycles. The first-order chi connectivity index (χ1) is 9.51. The Kier molecular flexibility index (Phi) is 12.1. The Bertz CT molecular complexity index is 258. The second kappa shape index (κ2) is 12.3. The van der Waals surface area contributed by atoms with Crippen molar-refractivity contribution in [3.63, 3.8) is 0 Å². The monoisotopic (exact) mass is 303 g/mol.